The summed E-state index contributed by atoms with van der Waals surface area (Å²) in [4.78, 5) is 13.3. The molecular weight excluding hydrogens is 176 g/mol. The van der Waals surface area contributed by atoms with Crippen molar-refractivity contribution in [3.05, 3.63) is 29.8 Å². The van der Waals surface area contributed by atoms with Gasteiger partial charge >= 0.3 is 0 Å². The summed E-state index contributed by atoms with van der Waals surface area (Å²) >= 11 is 0. The van der Waals surface area contributed by atoms with Crippen molar-refractivity contribution in [1.82, 2.24) is 0 Å². The molecule has 2 rings (SSSR count). The van der Waals surface area contributed by atoms with Gasteiger partial charge in [0.25, 0.3) is 0 Å². The Morgan fingerprint density at radius 1 is 1.43 bits per heavy atom. The van der Waals surface area contributed by atoms with Gasteiger partial charge in [-0.1, -0.05) is 18.2 Å². The summed E-state index contributed by atoms with van der Waals surface area (Å²) in [5.74, 6) is 0.0775. The van der Waals surface area contributed by atoms with Gasteiger partial charge in [0, 0.05) is 24.7 Å². The molecule has 1 heterocycles. The van der Waals surface area contributed by atoms with Crippen LogP contribution in [-0.4, -0.2) is 13.0 Å². The van der Waals surface area contributed by atoms with Crippen LogP contribution in [0.2, 0.25) is 0 Å². The van der Waals surface area contributed by atoms with Gasteiger partial charge in [-0.3, -0.25) is 4.79 Å². The van der Waals surface area contributed by atoms with E-state index in [4.69, 9.17) is 5.73 Å². The van der Waals surface area contributed by atoms with Crippen molar-refractivity contribution in [2.45, 2.75) is 18.9 Å². The smallest absolute Gasteiger partial charge is 0.228 e. The summed E-state index contributed by atoms with van der Waals surface area (Å²) in [5.41, 5.74) is 7.54. The Bertz CT molecular complexity index is 385. The molecule has 0 spiro atoms. The molecule has 1 aromatic carbocycles. The second kappa shape index (κ2) is 2.82. The number of anilines is 1. The van der Waals surface area contributed by atoms with E-state index in [0.717, 1.165) is 11.3 Å². The van der Waals surface area contributed by atoms with Crippen molar-refractivity contribution >= 4 is 11.6 Å². The molecule has 1 amide bonds. The number of carbonyl (C=O) groups is 1. The molecule has 0 aliphatic carbocycles. The number of amides is 1. The Morgan fingerprint density at radius 3 is 2.79 bits per heavy atom. The summed E-state index contributed by atoms with van der Waals surface area (Å²) in [5, 5.41) is 0. The van der Waals surface area contributed by atoms with E-state index in [1.54, 1.807) is 11.9 Å². The zero-order valence-electron chi connectivity index (χ0n) is 8.45. The van der Waals surface area contributed by atoms with E-state index in [-0.39, 0.29) is 5.91 Å². The lowest BCUT2D eigenvalue weighted by Gasteiger charge is -2.36. The number of hydrogen-bond donors (Lipinski definition) is 1. The molecule has 14 heavy (non-hydrogen) atoms. The number of benzene rings is 1. The van der Waals surface area contributed by atoms with Crippen LogP contribution in [0.5, 0.6) is 0 Å². The zero-order valence-corrected chi connectivity index (χ0v) is 8.45. The largest absolute Gasteiger partial charge is 0.321 e. The van der Waals surface area contributed by atoms with Crippen molar-refractivity contribution in [3.8, 4) is 0 Å². The van der Waals surface area contributed by atoms with Crippen LogP contribution in [0.3, 0.4) is 0 Å². The van der Waals surface area contributed by atoms with Crippen molar-refractivity contribution in [3.63, 3.8) is 0 Å². The van der Waals surface area contributed by atoms with Crippen LogP contribution in [-0.2, 0) is 10.3 Å². The standard InChI is InChI=1S/C11H14N2O/c1-11(12)7-10(14)13(2)9-6-4-3-5-8(9)11/h3-6H,7,12H2,1-2H3/t11-/m0/s1. The fourth-order valence-electron chi connectivity index (χ4n) is 1.91. The van der Waals surface area contributed by atoms with Crippen LogP contribution in [0.1, 0.15) is 18.9 Å². The number of hydrogen-bond acceptors (Lipinski definition) is 2. The van der Waals surface area contributed by atoms with Crippen LogP contribution in [0.15, 0.2) is 24.3 Å². The molecule has 3 heteroatoms. The van der Waals surface area contributed by atoms with E-state index in [2.05, 4.69) is 0 Å². The number of carbonyl (C=O) groups excluding carboxylic acids is 1. The van der Waals surface area contributed by atoms with Gasteiger partial charge < -0.3 is 10.6 Å². The van der Waals surface area contributed by atoms with Crippen molar-refractivity contribution in [2.24, 2.45) is 5.73 Å². The van der Waals surface area contributed by atoms with Gasteiger partial charge in [0.2, 0.25) is 5.91 Å². The van der Waals surface area contributed by atoms with Crippen LogP contribution < -0.4 is 10.6 Å². The number of para-hydroxylation sites is 1. The minimum atomic E-state index is -0.528. The molecule has 0 saturated carbocycles. The van der Waals surface area contributed by atoms with Gasteiger partial charge in [-0.2, -0.15) is 0 Å². The Balaban J connectivity index is 2.61. The SMILES string of the molecule is CN1C(=O)C[C@](C)(N)c2ccccc21. The van der Waals surface area contributed by atoms with Crippen LogP contribution in [0, 0.1) is 0 Å². The molecule has 1 aromatic rings. The minimum Gasteiger partial charge on any atom is -0.321 e. The molecule has 3 nitrogen and oxygen atoms in total. The second-order valence-corrected chi connectivity index (χ2v) is 4.06. The summed E-state index contributed by atoms with van der Waals surface area (Å²) in [6.45, 7) is 1.90. The van der Waals surface area contributed by atoms with E-state index in [1.165, 1.54) is 0 Å². The minimum absolute atomic E-state index is 0.0775. The maximum atomic E-state index is 11.6. The van der Waals surface area contributed by atoms with E-state index in [9.17, 15) is 4.79 Å². The summed E-state index contributed by atoms with van der Waals surface area (Å²) in [6.07, 6.45) is 0.376. The molecule has 1 aliphatic rings. The van der Waals surface area contributed by atoms with Crippen LogP contribution >= 0.6 is 0 Å². The van der Waals surface area contributed by atoms with Crippen molar-refractivity contribution in [1.29, 1.82) is 0 Å². The lowest BCUT2D eigenvalue weighted by molar-refractivity contribution is -0.119. The third-order valence-electron chi connectivity index (χ3n) is 2.77. The van der Waals surface area contributed by atoms with Crippen molar-refractivity contribution < 1.29 is 4.79 Å². The lowest BCUT2D eigenvalue weighted by Crippen LogP contribution is -2.46. The lowest BCUT2D eigenvalue weighted by atomic mass is 9.84. The summed E-state index contributed by atoms with van der Waals surface area (Å²) < 4.78 is 0. The number of nitrogens with zero attached hydrogens (tertiary/aromatic N) is 1. The predicted octanol–water partition coefficient (Wildman–Crippen LogP) is 1.23. The predicted molar refractivity (Wildman–Crippen MR) is 56.0 cm³/mol. The van der Waals surface area contributed by atoms with Crippen LogP contribution in [0.4, 0.5) is 5.69 Å². The molecule has 0 unspecified atom stereocenters. The zero-order chi connectivity index (χ0) is 10.3. The third-order valence-corrected chi connectivity index (χ3v) is 2.77. The van der Waals surface area contributed by atoms with Gasteiger partial charge in [-0.15, -0.1) is 0 Å². The molecule has 0 aromatic heterocycles. The maximum Gasteiger partial charge on any atom is 0.228 e. The molecule has 0 radical (unpaired) electrons. The maximum absolute atomic E-state index is 11.6. The number of fused-ring (bicyclic) bond motifs is 1. The quantitative estimate of drug-likeness (QED) is 0.668. The third kappa shape index (κ3) is 1.21. The van der Waals surface area contributed by atoms with E-state index < -0.39 is 5.54 Å². The highest BCUT2D eigenvalue weighted by molar-refractivity contribution is 5.97. The number of nitrogens with two attached hydrogens (primary N) is 1. The Labute approximate surface area is 83.5 Å². The fraction of sp³-hybridized carbons (Fsp3) is 0.364. The second-order valence-electron chi connectivity index (χ2n) is 4.06. The molecule has 0 saturated heterocycles. The summed E-state index contributed by atoms with van der Waals surface area (Å²) in [7, 11) is 1.79. The average molecular weight is 190 g/mol. The molecule has 2 N–H and O–H groups in total. The molecule has 0 fully saturated rings. The molecule has 74 valence electrons. The highest BCUT2D eigenvalue weighted by atomic mass is 16.2. The first-order valence-electron chi connectivity index (χ1n) is 4.67. The van der Waals surface area contributed by atoms with Gasteiger partial charge in [-0.25, -0.2) is 0 Å². The van der Waals surface area contributed by atoms with E-state index in [0.29, 0.717) is 6.42 Å². The molecule has 0 bridgehead atoms. The average Bonchev–Trinajstić information content (AvgIpc) is 2.14. The first kappa shape index (κ1) is 9.21. The van der Waals surface area contributed by atoms with Gasteiger partial charge in [0.05, 0.1) is 0 Å². The highest BCUT2D eigenvalue weighted by Gasteiger charge is 2.34. The summed E-state index contributed by atoms with van der Waals surface area (Å²) in [6, 6.07) is 7.79. The van der Waals surface area contributed by atoms with Crippen molar-refractivity contribution in [2.75, 3.05) is 11.9 Å². The van der Waals surface area contributed by atoms with Crippen LogP contribution in [0.25, 0.3) is 0 Å². The molecule has 1 atom stereocenters. The van der Waals surface area contributed by atoms with Gasteiger partial charge in [0.15, 0.2) is 0 Å². The van der Waals surface area contributed by atoms with E-state index in [1.807, 2.05) is 31.2 Å². The van der Waals surface area contributed by atoms with Gasteiger partial charge in [-0.05, 0) is 18.6 Å². The number of rotatable bonds is 0. The topological polar surface area (TPSA) is 46.3 Å². The Morgan fingerprint density at radius 2 is 2.07 bits per heavy atom. The molecular formula is C11H14N2O. The van der Waals surface area contributed by atoms with Gasteiger partial charge in [0.1, 0.15) is 0 Å². The first-order valence-corrected chi connectivity index (χ1v) is 4.67. The fourth-order valence-corrected chi connectivity index (χ4v) is 1.91. The monoisotopic (exact) mass is 190 g/mol. The molecule has 1 aliphatic heterocycles. The normalized spacial score (nSPS) is 26.2. The highest BCUT2D eigenvalue weighted by Crippen LogP contribution is 2.35. The van der Waals surface area contributed by atoms with E-state index >= 15 is 0 Å². The Hall–Kier alpha value is -1.35. The Kier molecular flexibility index (Phi) is 1.86. The first-order chi connectivity index (χ1) is 6.52.